The number of H-pyrrole nitrogens is 2. The standard InChI is InChI=1S/C20H14N4.4C2H4O2.2Co/c1-2-14-10-16-5-6-18(23-16)12-20-8-7-19(24-20)11-17-4-3-15(22-17)9-13(1)21-14;4*1-2(3)4;;/h1-12,21-22H;4*1H3,(H,3,4);;/q;;;;;2*+2/p-4. The van der Waals surface area contributed by atoms with Crippen molar-refractivity contribution in [2.24, 2.45) is 0 Å². The van der Waals surface area contributed by atoms with Crippen molar-refractivity contribution in [3.63, 3.8) is 0 Å². The van der Waals surface area contributed by atoms with Crippen LogP contribution in [0, 0.1) is 0 Å². The van der Waals surface area contributed by atoms with Crippen molar-refractivity contribution < 1.29 is 73.2 Å². The summed E-state index contributed by atoms with van der Waals surface area (Å²) in [5, 5.41) is 35.6. The zero-order chi connectivity index (χ0) is 30.2. The van der Waals surface area contributed by atoms with Gasteiger partial charge in [-0.2, -0.15) is 0 Å². The van der Waals surface area contributed by atoms with Crippen LogP contribution >= 0.6 is 0 Å². The van der Waals surface area contributed by atoms with Crippen molar-refractivity contribution in [1.82, 2.24) is 19.9 Å². The van der Waals surface area contributed by atoms with Crippen molar-refractivity contribution in [2.45, 2.75) is 27.7 Å². The van der Waals surface area contributed by atoms with Gasteiger partial charge in [-0.3, -0.25) is 0 Å². The van der Waals surface area contributed by atoms with E-state index < -0.39 is 23.9 Å². The second kappa shape index (κ2) is 20.4. The average molecular weight is 664 g/mol. The third-order valence-corrected chi connectivity index (χ3v) is 4.04. The summed E-state index contributed by atoms with van der Waals surface area (Å²) >= 11 is 0. The van der Waals surface area contributed by atoms with E-state index in [0.717, 1.165) is 72.5 Å². The number of nitrogens with zero attached hydrogens (tertiary/aromatic N) is 2. The molecule has 5 heterocycles. The maximum absolute atomic E-state index is 8.89. The predicted octanol–water partition coefficient (Wildman–Crippen LogP) is -0.325. The molecule has 8 bridgehead atoms. The molecule has 14 heteroatoms. The molecule has 42 heavy (non-hydrogen) atoms. The molecule has 0 unspecified atom stereocenters. The van der Waals surface area contributed by atoms with Gasteiger partial charge in [0.25, 0.3) is 0 Å². The summed E-state index contributed by atoms with van der Waals surface area (Å²) in [7, 11) is 0. The summed E-state index contributed by atoms with van der Waals surface area (Å²) in [5.41, 5.74) is 7.86. The molecule has 0 atom stereocenters. The van der Waals surface area contributed by atoms with Crippen LogP contribution in [0.1, 0.15) is 50.5 Å². The van der Waals surface area contributed by atoms with Crippen LogP contribution in [-0.2, 0) is 52.7 Å². The van der Waals surface area contributed by atoms with Crippen molar-refractivity contribution in [2.75, 3.05) is 0 Å². The number of aliphatic carboxylic acids is 4. The van der Waals surface area contributed by atoms with E-state index in [1.165, 1.54) is 0 Å². The summed E-state index contributed by atoms with van der Waals surface area (Å²) in [6.45, 7) is 3.89. The monoisotopic (exact) mass is 664 g/mol. The summed E-state index contributed by atoms with van der Waals surface area (Å²) < 4.78 is 0. The fourth-order valence-electron chi connectivity index (χ4n) is 2.94. The van der Waals surface area contributed by atoms with E-state index in [1.807, 2.05) is 42.5 Å². The van der Waals surface area contributed by atoms with Gasteiger partial charge in [0.15, 0.2) is 0 Å². The van der Waals surface area contributed by atoms with Gasteiger partial charge in [0.2, 0.25) is 0 Å². The van der Waals surface area contributed by atoms with Crippen molar-refractivity contribution in [3.8, 4) is 0 Å². The molecule has 2 N–H and O–H groups in total. The van der Waals surface area contributed by atoms with Crippen LogP contribution in [-0.4, -0.2) is 43.8 Å². The minimum atomic E-state index is -1.08. The van der Waals surface area contributed by atoms with Gasteiger partial charge in [0.1, 0.15) is 0 Å². The zero-order valence-electron chi connectivity index (χ0n) is 22.8. The van der Waals surface area contributed by atoms with Crippen LogP contribution < -0.4 is 20.4 Å². The molecule has 2 radical (unpaired) electrons. The molecule has 3 aromatic rings. The number of carboxylic acid groups (broad SMARTS) is 4. The maximum atomic E-state index is 8.89. The van der Waals surface area contributed by atoms with E-state index in [0.29, 0.717) is 0 Å². The number of rotatable bonds is 0. The number of aromatic amines is 2. The fourth-order valence-corrected chi connectivity index (χ4v) is 2.94. The Kier molecular flexibility index (Phi) is 19.2. The van der Waals surface area contributed by atoms with E-state index in [-0.39, 0.29) is 33.6 Å². The number of aromatic nitrogens is 4. The van der Waals surface area contributed by atoms with E-state index >= 15 is 0 Å². The minimum Gasteiger partial charge on any atom is -0.550 e. The SMILES string of the molecule is C1=Cc2cc3ccc(cc4ccc(cc5nc(cc1n2)C=C5)[nH]4)[nH]3.CC(=O)[O-].CC(=O)[O-].CC(=O)[O-].CC(=O)[O-].[Co+2].[Co+2]. The van der Waals surface area contributed by atoms with E-state index in [1.54, 1.807) is 0 Å². The second-order valence-corrected chi connectivity index (χ2v) is 7.87. The molecule has 2 aliphatic rings. The van der Waals surface area contributed by atoms with Crippen molar-refractivity contribution in [3.05, 3.63) is 71.3 Å². The second-order valence-electron chi connectivity index (χ2n) is 7.87. The van der Waals surface area contributed by atoms with E-state index in [9.17, 15) is 0 Å². The Morgan fingerprint density at radius 3 is 0.952 bits per heavy atom. The Bertz CT molecular complexity index is 1420. The van der Waals surface area contributed by atoms with Gasteiger partial charge in [0.05, 0.1) is 22.8 Å². The smallest absolute Gasteiger partial charge is 0.550 e. The van der Waals surface area contributed by atoms with Crippen LogP contribution in [0.3, 0.4) is 0 Å². The maximum Gasteiger partial charge on any atom is 2.00 e. The third-order valence-electron chi connectivity index (χ3n) is 4.04. The van der Waals surface area contributed by atoms with Gasteiger partial charge in [-0.15, -0.1) is 0 Å². The van der Waals surface area contributed by atoms with Gasteiger partial charge < -0.3 is 49.6 Å². The van der Waals surface area contributed by atoms with E-state index in [4.69, 9.17) is 39.6 Å². The molecule has 0 saturated heterocycles. The number of fused-ring (bicyclic) bond motifs is 8. The predicted molar refractivity (Wildman–Crippen MR) is 142 cm³/mol. The summed E-state index contributed by atoms with van der Waals surface area (Å²) in [4.78, 5) is 51.6. The molecular formula is C28H26Co2N4O8. The number of carbonyl (C=O) groups is 4. The Labute approximate surface area is 261 Å². The molecule has 0 fully saturated rings. The van der Waals surface area contributed by atoms with Crippen LogP contribution in [0.2, 0.25) is 0 Å². The normalized spacial score (nSPS) is 9.62. The first kappa shape index (κ1) is 39.6. The first-order chi connectivity index (χ1) is 18.7. The van der Waals surface area contributed by atoms with Crippen LogP contribution in [0.5, 0.6) is 0 Å². The van der Waals surface area contributed by atoms with Gasteiger partial charge in [-0.05, 0) is 101 Å². The van der Waals surface area contributed by atoms with Gasteiger partial charge >= 0.3 is 33.6 Å². The first-order valence-corrected chi connectivity index (χ1v) is 11.5. The Morgan fingerprint density at radius 2 is 0.690 bits per heavy atom. The fraction of sp³-hybridized carbons (Fsp3) is 0.143. The van der Waals surface area contributed by atoms with E-state index in [2.05, 4.69) is 50.3 Å². The number of hydrogen-bond acceptors (Lipinski definition) is 10. The Hall–Kier alpha value is -4.51. The molecule has 0 aromatic carbocycles. The third kappa shape index (κ3) is 18.7. The summed E-state index contributed by atoms with van der Waals surface area (Å²) in [6.07, 6.45) is 8.05. The zero-order valence-corrected chi connectivity index (χ0v) is 24.8. The Balaban J connectivity index is 0. The largest absolute Gasteiger partial charge is 2.00 e. The number of carbonyl (C=O) groups excluding carboxylic acids is 4. The average Bonchev–Trinajstić information content (AvgIpc) is 3.58. The summed E-state index contributed by atoms with van der Waals surface area (Å²) in [5.74, 6) is -4.33. The van der Waals surface area contributed by atoms with Crippen molar-refractivity contribution in [1.29, 1.82) is 0 Å². The molecule has 0 amide bonds. The minimum absolute atomic E-state index is 0. The molecular weight excluding hydrogens is 638 g/mol. The number of hydrogen-bond donors (Lipinski definition) is 2. The van der Waals surface area contributed by atoms with Gasteiger partial charge in [0, 0.05) is 45.9 Å². The van der Waals surface area contributed by atoms with Gasteiger partial charge in [-0.25, -0.2) is 9.97 Å². The van der Waals surface area contributed by atoms with Crippen LogP contribution in [0.25, 0.3) is 46.4 Å². The molecule has 2 aliphatic heterocycles. The van der Waals surface area contributed by atoms with Crippen LogP contribution in [0.4, 0.5) is 0 Å². The molecule has 5 rings (SSSR count). The van der Waals surface area contributed by atoms with Crippen LogP contribution in [0.15, 0.2) is 48.5 Å². The Morgan fingerprint density at radius 1 is 0.476 bits per heavy atom. The summed E-state index contributed by atoms with van der Waals surface area (Å²) in [6, 6.07) is 16.4. The molecule has 3 aromatic heterocycles. The molecule has 0 aliphatic carbocycles. The molecule has 0 spiro atoms. The van der Waals surface area contributed by atoms with Crippen molar-refractivity contribution >= 4 is 70.2 Å². The molecule has 224 valence electrons. The molecule has 0 saturated carbocycles. The van der Waals surface area contributed by atoms with Gasteiger partial charge in [-0.1, -0.05) is 0 Å². The number of carboxylic acids is 4. The number of nitrogens with one attached hydrogen (secondary N) is 2. The first-order valence-electron chi connectivity index (χ1n) is 11.5. The topological polar surface area (TPSA) is 218 Å². The molecule has 12 nitrogen and oxygen atoms in total. The quantitative estimate of drug-likeness (QED) is 0.220.